The van der Waals surface area contributed by atoms with E-state index in [0.29, 0.717) is 12.0 Å². The molecule has 1 saturated heterocycles. The predicted octanol–water partition coefficient (Wildman–Crippen LogP) is 1.93. The normalized spacial score (nSPS) is 19.0. The zero-order chi connectivity index (χ0) is 16.3. The summed E-state index contributed by atoms with van der Waals surface area (Å²) in [6.07, 6.45) is 4.79. The van der Waals surface area contributed by atoms with Crippen molar-refractivity contribution < 1.29 is 22.3 Å². The first-order valence-corrected chi connectivity index (χ1v) is 9.14. The second-order valence-electron chi connectivity index (χ2n) is 5.54. The minimum absolute atomic E-state index is 0.0594. The maximum atomic E-state index is 14.3. The second-order valence-corrected chi connectivity index (χ2v) is 7.49. The van der Waals surface area contributed by atoms with Gasteiger partial charge in [-0.2, -0.15) is 0 Å². The van der Waals surface area contributed by atoms with Crippen LogP contribution in [0.5, 0.6) is 11.5 Å². The highest BCUT2D eigenvalue weighted by atomic mass is 32.2. The van der Waals surface area contributed by atoms with Gasteiger partial charge in [-0.3, -0.25) is 0 Å². The molecule has 0 radical (unpaired) electrons. The van der Waals surface area contributed by atoms with Gasteiger partial charge in [-0.15, -0.1) is 0 Å². The van der Waals surface area contributed by atoms with Gasteiger partial charge in [0.15, 0.2) is 21.3 Å². The Balaban J connectivity index is 2.49. The van der Waals surface area contributed by atoms with Crippen LogP contribution in [-0.2, 0) is 16.3 Å². The molecule has 1 heterocycles. The number of benzene rings is 1. The number of sulfone groups is 1. The van der Waals surface area contributed by atoms with Gasteiger partial charge in [0.2, 0.25) is 0 Å². The molecular weight excluding hydrogens is 309 g/mol. The summed E-state index contributed by atoms with van der Waals surface area (Å²) in [5.74, 6) is -0.571. The summed E-state index contributed by atoms with van der Waals surface area (Å²) in [5.41, 5.74) is 0.614. The Morgan fingerprint density at radius 3 is 2.45 bits per heavy atom. The third kappa shape index (κ3) is 3.52. The standard InChI is InChI=1S/C15H22FNO4S/c1-20-13-10(8-11-6-4-5-7-17-11)9-12(16)15(14(13)21-2)22(3,18)19/h9,11,17H,4-8H2,1-3H3. The number of nitrogens with one attached hydrogen (secondary N) is 1. The maximum absolute atomic E-state index is 14.3. The minimum atomic E-state index is -3.75. The van der Waals surface area contributed by atoms with Crippen molar-refractivity contribution in [3.8, 4) is 11.5 Å². The van der Waals surface area contributed by atoms with Gasteiger partial charge in [0.25, 0.3) is 0 Å². The molecule has 1 aromatic rings. The topological polar surface area (TPSA) is 64.6 Å². The van der Waals surface area contributed by atoms with Gasteiger partial charge in [-0.05, 0) is 31.9 Å². The summed E-state index contributed by atoms with van der Waals surface area (Å²) in [6.45, 7) is 0.939. The van der Waals surface area contributed by atoms with Crippen molar-refractivity contribution in [3.63, 3.8) is 0 Å². The molecule has 1 aliphatic heterocycles. The first-order valence-electron chi connectivity index (χ1n) is 7.25. The van der Waals surface area contributed by atoms with Gasteiger partial charge >= 0.3 is 0 Å². The lowest BCUT2D eigenvalue weighted by Gasteiger charge is -2.25. The van der Waals surface area contributed by atoms with E-state index in [0.717, 1.165) is 32.1 Å². The molecule has 0 aliphatic carbocycles. The van der Waals surface area contributed by atoms with E-state index in [1.807, 2.05) is 0 Å². The summed E-state index contributed by atoms with van der Waals surface area (Å²) in [5, 5.41) is 3.38. The summed E-state index contributed by atoms with van der Waals surface area (Å²) < 4.78 is 48.4. The van der Waals surface area contributed by atoms with Crippen molar-refractivity contribution in [1.82, 2.24) is 5.32 Å². The van der Waals surface area contributed by atoms with E-state index in [9.17, 15) is 12.8 Å². The summed E-state index contributed by atoms with van der Waals surface area (Å²) in [7, 11) is -1.01. The highest BCUT2D eigenvalue weighted by molar-refractivity contribution is 7.90. The molecular formula is C15H22FNO4S. The number of piperidine rings is 1. The Morgan fingerprint density at radius 2 is 1.95 bits per heavy atom. The predicted molar refractivity (Wildman–Crippen MR) is 82.0 cm³/mol. The number of hydrogen-bond donors (Lipinski definition) is 1. The molecule has 0 spiro atoms. The van der Waals surface area contributed by atoms with Gasteiger partial charge in [-0.25, -0.2) is 12.8 Å². The molecule has 1 aliphatic rings. The van der Waals surface area contributed by atoms with Crippen LogP contribution >= 0.6 is 0 Å². The SMILES string of the molecule is COc1c(CC2CCCCN2)cc(F)c(S(C)(=O)=O)c1OC. The highest BCUT2D eigenvalue weighted by Gasteiger charge is 2.27. The van der Waals surface area contributed by atoms with Crippen LogP contribution in [0.3, 0.4) is 0 Å². The van der Waals surface area contributed by atoms with Crippen molar-refractivity contribution in [3.05, 3.63) is 17.4 Å². The van der Waals surface area contributed by atoms with Gasteiger partial charge in [0.1, 0.15) is 10.7 Å². The van der Waals surface area contributed by atoms with Crippen LogP contribution in [0.2, 0.25) is 0 Å². The van der Waals surface area contributed by atoms with E-state index in [-0.39, 0.29) is 17.5 Å². The molecule has 1 N–H and O–H groups in total. The average Bonchev–Trinajstić information content (AvgIpc) is 2.46. The van der Waals surface area contributed by atoms with Crippen LogP contribution in [0, 0.1) is 5.82 Å². The van der Waals surface area contributed by atoms with Gasteiger partial charge in [-0.1, -0.05) is 6.42 Å². The molecule has 7 heteroatoms. The molecule has 22 heavy (non-hydrogen) atoms. The van der Waals surface area contributed by atoms with Crippen LogP contribution in [0.25, 0.3) is 0 Å². The lowest BCUT2D eigenvalue weighted by molar-refractivity contribution is 0.333. The van der Waals surface area contributed by atoms with Crippen molar-refractivity contribution >= 4 is 9.84 Å². The van der Waals surface area contributed by atoms with Crippen LogP contribution in [0.4, 0.5) is 4.39 Å². The smallest absolute Gasteiger partial charge is 0.182 e. The van der Waals surface area contributed by atoms with E-state index >= 15 is 0 Å². The Morgan fingerprint density at radius 1 is 1.27 bits per heavy atom. The van der Waals surface area contributed by atoms with E-state index in [1.165, 1.54) is 20.3 Å². The Bertz CT molecular complexity index is 639. The number of rotatable bonds is 5. The molecule has 1 fully saturated rings. The number of ether oxygens (including phenoxy) is 2. The molecule has 0 aromatic heterocycles. The number of halogens is 1. The molecule has 1 atom stereocenters. The quantitative estimate of drug-likeness (QED) is 0.893. The third-order valence-electron chi connectivity index (χ3n) is 3.88. The van der Waals surface area contributed by atoms with Crippen molar-refractivity contribution in [2.75, 3.05) is 27.0 Å². The molecule has 5 nitrogen and oxygen atoms in total. The fourth-order valence-corrected chi connectivity index (χ4v) is 3.84. The van der Waals surface area contributed by atoms with E-state index in [1.54, 1.807) is 0 Å². The van der Waals surface area contributed by atoms with Gasteiger partial charge < -0.3 is 14.8 Å². The van der Waals surface area contributed by atoms with Crippen molar-refractivity contribution in [2.45, 2.75) is 36.6 Å². The number of methoxy groups -OCH3 is 2. The molecule has 0 bridgehead atoms. The Labute approximate surface area is 130 Å². The number of hydrogen-bond acceptors (Lipinski definition) is 5. The summed E-state index contributed by atoms with van der Waals surface area (Å²) in [6, 6.07) is 1.48. The maximum Gasteiger partial charge on any atom is 0.182 e. The first-order chi connectivity index (χ1) is 10.4. The highest BCUT2D eigenvalue weighted by Crippen LogP contribution is 2.40. The van der Waals surface area contributed by atoms with Crippen LogP contribution in [0.15, 0.2) is 11.0 Å². The van der Waals surface area contributed by atoms with E-state index in [2.05, 4.69) is 5.32 Å². The van der Waals surface area contributed by atoms with Gasteiger partial charge in [0.05, 0.1) is 14.2 Å². The molecule has 1 unspecified atom stereocenters. The fourth-order valence-electron chi connectivity index (χ4n) is 2.91. The second kappa shape index (κ2) is 6.83. The zero-order valence-electron chi connectivity index (χ0n) is 13.1. The lowest BCUT2D eigenvalue weighted by Crippen LogP contribution is -2.35. The average molecular weight is 331 g/mol. The fraction of sp³-hybridized carbons (Fsp3) is 0.600. The molecule has 0 saturated carbocycles. The molecule has 0 amide bonds. The summed E-state index contributed by atoms with van der Waals surface area (Å²) >= 11 is 0. The minimum Gasteiger partial charge on any atom is -0.493 e. The third-order valence-corrected chi connectivity index (χ3v) is 5.00. The van der Waals surface area contributed by atoms with Crippen molar-refractivity contribution in [1.29, 1.82) is 0 Å². The molecule has 2 rings (SSSR count). The Kier molecular flexibility index (Phi) is 5.28. The first kappa shape index (κ1) is 17.0. The van der Waals surface area contributed by atoms with Gasteiger partial charge in [0, 0.05) is 17.9 Å². The molecule has 1 aromatic carbocycles. The van der Waals surface area contributed by atoms with Crippen LogP contribution in [0.1, 0.15) is 24.8 Å². The lowest BCUT2D eigenvalue weighted by atomic mass is 9.97. The van der Waals surface area contributed by atoms with Crippen LogP contribution in [-0.4, -0.2) is 41.5 Å². The molecule has 124 valence electrons. The summed E-state index contributed by atoms with van der Waals surface area (Å²) in [4.78, 5) is -0.452. The van der Waals surface area contributed by atoms with E-state index in [4.69, 9.17) is 9.47 Å². The Hall–Kier alpha value is -1.34. The monoisotopic (exact) mass is 331 g/mol. The van der Waals surface area contributed by atoms with Crippen LogP contribution < -0.4 is 14.8 Å². The van der Waals surface area contributed by atoms with Crippen molar-refractivity contribution in [2.24, 2.45) is 0 Å². The zero-order valence-corrected chi connectivity index (χ0v) is 13.9. The van der Waals surface area contributed by atoms with E-state index < -0.39 is 20.5 Å². The largest absolute Gasteiger partial charge is 0.493 e.